The van der Waals surface area contributed by atoms with Crippen LogP contribution in [-0.4, -0.2) is 15.1 Å². The SMILES string of the molecule is Cc1nc(-c2cccc(C(F)(F)F)c2)nc(C)c1CO. The maximum absolute atomic E-state index is 12.7. The van der Waals surface area contributed by atoms with E-state index in [4.69, 9.17) is 0 Å². The quantitative estimate of drug-likeness (QED) is 0.919. The summed E-state index contributed by atoms with van der Waals surface area (Å²) in [6, 6.07) is 4.88. The summed E-state index contributed by atoms with van der Waals surface area (Å²) in [6.07, 6.45) is -4.40. The van der Waals surface area contributed by atoms with E-state index in [9.17, 15) is 18.3 Å². The Morgan fingerprint density at radius 1 is 1.10 bits per heavy atom. The number of nitrogens with zero attached hydrogens (tertiary/aromatic N) is 2. The number of hydrogen-bond donors (Lipinski definition) is 1. The molecule has 1 aromatic heterocycles. The van der Waals surface area contributed by atoms with E-state index < -0.39 is 11.7 Å². The first kappa shape index (κ1) is 14.5. The number of hydrogen-bond acceptors (Lipinski definition) is 3. The lowest BCUT2D eigenvalue weighted by molar-refractivity contribution is -0.137. The van der Waals surface area contributed by atoms with Gasteiger partial charge in [0, 0.05) is 22.5 Å². The molecule has 0 bridgehead atoms. The van der Waals surface area contributed by atoms with E-state index >= 15 is 0 Å². The highest BCUT2D eigenvalue weighted by atomic mass is 19.4. The van der Waals surface area contributed by atoms with Gasteiger partial charge in [-0.25, -0.2) is 9.97 Å². The summed E-state index contributed by atoms with van der Waals surface area (Å²) in [5.41, 5.74) is 1.29. The zero-order valence-corrected chi connectivity index (χ0v) is 11.0. The van der Waals surface area contributed by atoms with Gasteiger partial charge in [0.2, 0.25) is 0 Å². The molecule has 2 rings (SSSR count). The van der Waals surface area contributed by atoms with Crippen LogP contribution in [0.15, 0.2) is 24.3 Å². The lowest BCUT2D eigenvalue weighted by Crippen LogP contribution is -2.06. The molecule has 6 heteroatoms. The van der Waals surface area contributed by atoms with Crippen LogP contribution in [0.4, 0.5) is 13.2 Å². The van der Waals surface area contributed by atoms with E-state index in [0.717, 1.165) is 12.1 Å². The van der Waals surface area contributed by atoms with Crippen LogP contribution in [0, 0.1) is 13.8 Å². The normalized spacial score (nSPS) is 11.7. The summed E-state index contributed by atoms with van der Waals surface area (Å²) in [7, 11) is 0. The number of rotatable bonds is 2. The fraction of sp³-hybridized carbons (Fsp3) is 0.286. The fourth-order valence-corrected chi connectivity index (χ4v) is 1.93. The molecule has 20 heavy (non-hydrogen) atoms. The lowest BCUT2D eigenvalue weighted by atomic mass is 10.1. The van der Waals surface area contributed by atoms with E-state index in [1.165, 1.54) is 12.1 Å². The molecule has 0 unspecified atom stereocenters. The highest BCUT2D eigenvalue weighted by molar-refractivity contribution is 5.57. The molecule has 0 aliphatic rings. The van der Waals surface area contributed by atoms with E-state index in [0.29, 0.717) is 22.5 Å². The molecule has 3 nitrogen and oxygen atoms in total. The van der Waals surface area contributed by atoms with Crippen LogP contribution in [0.5, 0.6) is 0 Å². The van der Waals surface area contributed by atoms with Gasteiger partial charge in [0.15, 0.2) is 5.82 Å². The van der Waals surface area contributed by atoms with Gasteiger partial charge in [0.05, 0.1) is 12.2 Å². The van der Waals surface area contributed by atoms with Gasteiger partial charge in [-0.1, -0.05) is 12.1 Å². The average Bonchev–Trinajstić information content (AvgIpc) is 2.37. The van der Waals surface area contributed by atoms with Gasteiger partial charge in [-0.3, -0.25) is 0 Å². The minimum Gasteiger partial charge on any atom is -0.392 e. The van der Waals surface area contributed by atoms with Crippen LogP contribution < -0.4 is 0 Å². The molecule has 0 atom stereocenters. The van der Waals surface area contributed by atoms with Gasteiger partial charge in [0.1, 0.15) is 0 Å². The largest absolute Gasteiger partial charge is 0.416 e. The number of aliphatic hydroxyl groups excluding tert-OH is 1. The van der Waals surface area contributed by atoms with Gasteiger partial charge in [-0.2, -0.15) is 13.2 Å². The van der Waals surface area contributed by atoms with Crippen LogP contribution in [-0.2, 0) is 12.8 Å². The second-order valence-corrected chi connectivity index (χ2v) is 4.43. The van der Waals surface area contributed by atoms with Gasteiger partial charge < -0.3 is 5.11 Å². The Labute approximate surface area is 114 Å². The van der Waals surface area contributed by atoms with Gasteiger partial charge in [-0.15, -0.1) is 0 Å². The summed E-state index contributed by atoms with van der Waals surface area (Å²) >= 11 is 0. The predicted molar refractivity (Wildman–Crippen MR) is 67.9 cm³/mol. The van der Waals surface area contributed by atoms with Crippen LogP contribution in [0.2, 0.25) is 0 Å². The number of alkyl halides is 3. The molecule has 0 aliphatic heterocycles. The minimum absolute atomic E-state index is 0.194. The molecule has 0 aliphatic carbocycles. The van der Waals surface area contributed by atoms with Crippen molar-refractivity contribution in [1.29, 1.82) is 0 Å². The smallest absolute Gasteiger partial charge is 0.392 e. The maximum Gasteiger partial charge on any atom is 0.416 e. The molecule has 1 aromatic carbocycles. The van der Waals surface area contributed by atoms with Crippen molar-refractivity contribution in [1.82, 2.24) is 9.97 Å². The molecule has 0 radical (unpaired) electrons. The Hall–Kier alpha value is -1.95. The molecular formula is C14H13F3N2O. The van der Waals surface area contributed by atoms with Gasteiger partial charge in [-0.05, 0) is 26.0 Å². The van der Waals surface area contributed by atoms with E-state index in [-0.39, 0.29) is 12.4 Å². The molecule has 0 fully saturated rings. The summed E-state index contributed by atoms with van der Waals surface area (Å²) in [5.74, 6) is 0.225. The standard InChI is InChI=1S/C14H13F3N2O/c1-8-12(7-20)9(2)19-13(18-8)10-4-3-5-11(6-10)14(15,16)17/h3-6,20H,7H2,1-2H3. The van der Waals surface area contributed by atoms with Crippen LogP contribution in [0.1, 0.15) is 22.5 Å². The molecule has 2 aromatic rings. The zero-order chi connectivity index (χ0) is 14.9. The van der Waals surface area contributed by atoms with Crippen LogP contribution in [0.25, 0.3) is 11.4 Å². The Bertz CT molecular complexity index is 616. The van der Waals surface area contributed by atoms with Crippen molar-refractivity contribution in [3.63, 3.8) is 0 Å². The van der Waals surface area contributed by atoms with Crippen molar-refractivity contribution in [2.24, 2.45) is 0 Å². The first-order valence-corrected chi connectivity index (χ1v) is 5.95. The number of aryl methyl sites for hydroxylation is 2. The van der Waals surface area contributed by atoms with Crippen molar-refractivity contribution in [3.05, 3.63) is 46.8 Å². The summed E-state index contributed by atoms with van der Waals surface area (Å²) in [5, 5.41) is 9.18. The third-order valence-electron chi connectivity index (χ3n) is 3.03. The molecule has 0 spiro atoms. The maximum atomic E-state index is 12.7. The van der Waals surface area contributed by atoms with E-state index in [1.807, 2.05) is 0 Å². The van der Waals surface area contributed by atoms with Crippen molar-refractivity contribution in [3.8, 4) is 11.4 Å². The average molecular weight is 282 g/mol. The Balaban J connectivity index is 2.52. The van der Waals surface area contributed by atoms with E-state index in [2.05, 4.69) is 9.97 Å². The second-order valence-electron chi connectivity index (χ2n) is 4.43. The summed E-state index contributed by atoms with van der Waals surface area (Å²) < 4.78 is 38.1. The van der Waals surface area contributed by atoms with Crippen molar-refractivity contribution in [2.45, 2.75) is 26.6 Å². The highest BCUT2D eigenvalue weighted by Crippen LogP contribution is 2.31. The first-order chi connectivity index (χ1) is 9.32. The number of halogens is 3. The van der Waals surface area contributed by atoms with Gasteiger partial charge in [0.25, 0.3) is 0 Å². The Morgan fingerprint density at radius 3 is 2.20 bits per heavy atom. The molecule has 0 saturated heterocycles. The van der Waals surface area contributed by atoms with E-state index in [1.54, 1.807) is 13.8 Å². The third-order valence-corrected chi connectivity index (χ3v) is 3.03. The predicted octanol–water partition coefficient (Wildman–Crippen LogP) is 3.27. The highest BCUT2D eigenvalue weighted by Gasteiger charge is 2.30. The molecule has 1 N–H and O–H groups in total. The lowest BCUT2D eigenvalue weighted by Gasteiger charge is -2.11. The van der Waals surface area contributed by atoms with Gasteiger partial charge >= 0.3 is 6.18 Å². The molecule has 1 heterocycles. The summed E-state index contributed by atoms with van der Waals surface area (Å²) in [6.45, 7) is 3.19. The van der Waals surface area contributed by atoms with Crippen LogP contribution in [0.3, 0.4) is 0 Å². The fourth-order valence-electron chi connectivity index (χ4n) is 1.93. The Morgan fingerprint density at radius 2 is 1.70 bits per heavy atom. The molecule has 106 valence electrons. The number of benzene rings is 1. The van der Waals surface area contributed by atoms with Crippen LogP contribution >= 0.6 is 0 Å². The summed E-state index contributed by atoms with van der Waals surface area (Å²) in [4.78, 5) is 8.32. The van der Waals surface area contributed by atoms with Crippen molar-refractivity contribution < 1.29 is 18.3 Å². The topological polar surface area (TPSA) is 46.0 Å². The van der Waals surface area contributed by atoms with Crippen molar-refractivity contribution >= 4 is 0 Å². The second kappa shape index (κ2) is 5.20. The molecule has 0 saturated carbocycles. The molecular weight excluding hydrogens is 269 g/mol. The monoisotopic (exact) mass is 282 g/mol. The Kier molecular flexibility index (Phi) is 3.76. The third kappa shape index (κ3) is 2.80. The zero-order valence-electron chi connectivity index (χ0n) is 11.0. The number of aromatic nitrogens is 2. The molecule has 0 amide bonds. The minimum atomic E-state index is -4.40. The number of aliphatic hydroxyl groups is 1. The van der Waals surface area contributed by atoms with Crippen molar-refractivity contribution in [2.75, 3.05) is 0 Å². The first-order valence-electron chi connectivity index (χ1n) is 5.95.